The van der Waals surface area contributed by atoms with E-state index >= 15 is 0 Å². The van der Waals surface area contributed by atoms with Crippen molar-refractivity contribution in [1.29, 1.82) is 0 Å². The quantitative estimate of drug-likeness (QED) is 0.719. The van der Waals surface area contributed by atoms with E-state index in [1.165, 1.54) is 11.4 Å². The van der Waals surface area contributed by atoms with E-state index in [2.05, 4.69) is 20.7 Å². The molecule has 0 aliphatic heterocycles. The highest BCUT2D eigenvalue weighted by Gasteiger charge is 2.23. The maximum atomic E-state index is 12.2. The number of carboxylic acids is 1. The standard InChI is InChI=1S/C14H14BrNO5S2/c1-21-10-2-3-11(15)9(8-10)4-6-16-23(19,20)12-5-7-22-13(12)14(17)18/h2-3,5,7-8,16H,4,6H2,1H3,(H,17,18). The number of carbonyl (C=O) groups is 1. The smallest absolute Gasteiger partial charge is 0.347 e. The number of aromatic carboxylic acids is 1. The number of nitrogens with one attached hydrogen (secondary N) is 1. The van der Waals surface area contributed by atoms with Crippen LogP contribution in [-0.2, 0) is 16.4 Å². The molecular formula is C14H14BrNO5S2. The van der Waals surface area contributed by atoms with Crippen molar-refractivity contribution >= 4 is 43.3 Å². The van der Waals surface area contributed by atoms with Crippen LogP contribution in [0.3, 0.4) is 0 Å². The summed E-state index contributed by atoms with van der Waals surface area (Å²) in [7, 11) is -2.30. The van der Waals surface area contributed by atoms with Crippen molar-refractivity contribution in [2.75, 3.05) is 13.7 Å². The molecule has 6 nitrogen and oxygen atoms in total. The average Bonchev–Trinajstić information content (AvgIpc) is 2.99. The number of methoxy groups -OCH3 is 1. The third kappa shape index (κ3) is 4.31. The highest BCUT2D eigenvalue weighted by Crippen LogP contribution is 2.24. The molecule has 9 heteroatoms. The Bertz CT molecular complexity index is 816. The van der Waals surface area contributed by atoms with Gasteiger partial charge < -0.3 is 9.84 Å². The summed E-state index contributed by atoms with van der Waals surface area (Å²) in [6.07, 6.45) is 0.434. The summed E-state index contributed by atoms with van der Waals surface area (Å²) < 4.78 is 32.8. The Kier molecular flexibility index (Phi) is 5.79. The van der Waals surface area contributed by atoms with Gasteiger partial charge >= 0.3 is 5.97 Å². The number of hydrogen-bond acceptors (Lipinski definition) is 5. The molecule has 0 bridgehead atoms. The number of rotatable bonds is 7. The molecule has 23 heavy (non-hydrogen) atoms. The number of hydrogen-bond donors (Lipinski definition) is 2. The number of carboxylic acid groups (broad SMARTS) is 1. The van der Waals surface area contributed by atoms with Gasteiger partial charge in [0.2, 0.25) is 10.0 Å². The summed E-state index contributed by atoms with van der Waals surface area (Å²) in [6.45, 7) is 0.142. The van der Waals surface area contributed by atoms with Gasteiger partial charge in [-0.2, -0.15) is 0 Å². The number of thiophene rings is 1. The van der Waals surface area contributed by atoms with Gasteiger partial charge in [-0.15, -0.1) is 11.3 Å². The second-order valence-corrected chi connectivity index (χ2v) is 8.03. The van der Waals surface area contributed by atoms with E-state index < -0.39 is 16.0 Å². The Balaban J connectivity index is 2.08. The van der Waals surface area contributed by atoms with Crippen molar-refractivity contribution in [3.8, 4) is 5.75 Å². The monoisotopic (exact) mass is 419 g/mol. The molecule has 124 valence electrons. The average molecular weight is 420 g/mol. The van der Waals surface area contributed by atoms with Crippen LogP contribution >= 0.6 is 27.3 Å². The van der Waals surface area contributed by atoms with E-state index in [1.807, 2.05) is 12.1 Å². The van der Waals surface area contributed by atoms with Crippen molar-refractivity contribution in [3.05, 3.63) is 44.6 Å². The number of sulfonamides is 1. The van der Waals surface area contributed by atoms with Gasteiger partial charge in [-0.05, 0) is 41.6 Å². The van der Waals surface area contributed by atoms with Crippen LogP contribution in [0.4, 0.5) is 0 Å². The van der Waals surface area contributed by atoms with Crippen LogP contribution in [0, 0.1) is 0 Å². The molecule has 0 fully saturated rings. The molecule has 0 aliphatic rings. The Labute approximate surface area is 146 Å². The van der Waals surface area contributed by atoms with Gasteiger partial charge in [0.25, 0.3) is 0 Å². The summed E-state index contributed by atoms with van der Waals surface area (Å²) in [5.41, 5.74) is 0.885. The van der Waals surface area contributed by atoms with Crippen molar-refractivity contribution in [3.63, 3.8) is 0 Å². The fourth-order valence-electron chi connectivity index (χ4n) is 1.93. The molecular weight excluding hydrogens is 406 g/mol. The molecule has 2 rings (SSSR count). The molecule has 0 saturated carbocycles. The molecule has 1 aromatic carbocycles. The summed E-state index contributed by atoms with van der Waals surface area (Å²) in [6, 6.07) is 6.72. The fourth-order valence-corrected chi connectivity index (χ4v) is 4.67. The minimum atomic E-state index is -3.86. The molecule has 0 atom stereocenters. The molecule has 1 aromatic heterocycles. The Morgan fingerprint density at radius 1 is 1.39 bits per heavy atom. The van der Waals surface area contributed by atoms with Crippen LogP contribution in [0.2, 0.25) is 0 Å². The molecule has 2 aromatic rings. The summed E-state index contributed by atoms with van der Waals surface area (Å²) in [5.74, 6) is -0.576. The summed E-state index contributed by atoms with van der Waals surface area (Å²) in [5, 5.41) is 10.5. The lowest BCUT2D eigenvalue weighted by molar-refractivity contribution is 0.0698. The van der Waals surface area contributed by atoms with Crippen molar-refractivity contribution in [2.24, 2.45) is 0 Å². The maximum absolute atomic E-state index is 12.2. The van der Waals surface area contributed by atoms with Gasteiger partial charge in [0.15, 0.2) is 0 Å². The molecule has 0 aliphatic carbocycles. The van der Waals surface area contributed by atoms with Crippen LogP contribution in [-0.4, -0.2) is 33.1 Å². The largest absolute Gasteiger partial charge is 0.497 e. The topological polar surface area (TPSA) is 92.7 Å². The zero-order valence-electron chi connectivity index (χ0n) is 12.1. The molecule has 0 saturated heterocycles. The Morgan fingerprint density at radius 2 is 2.13 bits per heavy atom. The first-order valence-electron chi connectivity index (χ1n) is 6.48. The molecule has 2 N–H and O–H groups in total. The van der Waals surface area contributed by atoms with E-state index in [1.54, 1.807) is 13.2 Å². The zero-order chi connectivity index (χ0) is 17.0. The summed E-state index contributed by atoms with van der Waals surface area (Å²) >= 11 is 4.28. The normalized spacial score (nSPS) is 11.4. The third-order valence-corrected chi connectivity index (χ3v) is 6.36. The Hall–Kier alpha value is -1.42. The molecule has 0 unspecified atom stereocenters. The van der Waals surface area contributed by atoms with Gasteiger partial charge in [0.1, 0.15) is 15.5 Å². The first-order chi connectivity index (χ1) is 10.8. The number of ether oxygens (including phenoxy) is 1. The van der Waals surface area contributed by atoms with Crippen molar-refractivity contribution in [1.82, 2.24) is 4.72 Å². The lowest BCUT2D eigenvalue weighted by Crippen LogP contribution is -2.27. The van der Waals surface area contributed by atoms with E-state index in [0.29, 0.717) is 12.2 Å². The van der Waals surface area contributed by atoms with E-state index in [0.717, 1.165) is 21.4 Å². The van der Waals surface area contributed by atoms with Crippen molar-refractivity contribution in [2.45, 2.75) is 11.3 Å². The second-order valence-electron chi connectivity index (χ2n) is 4.52. The first kappa shape index (κ1) is 17.9. The molecule has 1 heterocycles. The van der Waals surface area contributed by atoms with Crippen LogP contribution in [0.25, 0.3) is 0 Å². The van der Waals surface area contributed by atoms with Crippen LogP contribution in [0.5, 0.6) is 5.75 Å². The molecule has 0 spiro atoms. The first-order valence-corrected chi connectivity index (χ1v) is 9.63. The van der Waals surface area contributed by atoms with Gasteiger partial charge in [-0.3, -0.25) is 0 Å². The van der Waals surface area contributed by atoms with Gasteiger partial charge in [0, 0.05) is 11.0 Å². The van der Waals surface area contributed by atoms with Crippen LogP contribution < -0.4 is 9.46 Å². The minimum absolute atomic E-state index is 0.142. The second kappa shape index (κ2) is 7.43. The van der Waals surface area contributed by atoms with Crippen LogP contribution in [0.15, 0.2) is 39.0 Å². The predicted molar refractivity (Wildman–Crippen MR) is 90.9 cm³/mol. The fraction of sp³-hybridized carbons (Fsp3) is 0.214. The zero-order valence-corrected chi connectivity index (χ0v) is 15.3. The highest BCUT2D eigenvalue weighted by molar-refractivity contribution is 9.10. The van der Waals surface area contributed by atoms with Crippen molar-refractivity contribution < 1.29 is 23.1 Å². The molecule has 0 amide bonds. The SMILES string of the molecule is COc1ccc(Br)c(CCNS(=O)(=O)c2ccsc2C(=O)O)c1. The molecule has 0 radical (unpaired) electrons. The Morgan fingerprint density at radius 3 is 2.78 bits per heavy atom. The van der Waals surface area contributed by atoms with E-state index in [9.17, 15) is 13.2 Å². The highest BCUT2D eigenvalue weighted by atomic mass is 79.9. The van der Waals surface area contributed by atoms with E-state index in [-0.39, 0.29) is 16.3 Å². The predicted octanol–water partition coefficient (Wildman–Crippen LogP) is 2.74. The van der Waals surface area contributed by atoms with Gasteiger partial charge in [-0.1, -0.05) is 15.9 Å². The summed E-state index contributed by atoms with van der Waals surface area (Å²) in [4.78, 5) is 10.6. The minimum Gasteiger partial charge on any atom is -0.497 e. The number of halogens is 1. The lowest BCUT2D eigenvalue weighted by Gasteiger charge is -2.09. The third-order valence-electron chi connectivity index (χ3n) is 3.05. The van der Waals surface area contributed by atoms with Crippen LogP contribution in [0.1, 0.15) is 15.2 Å². The lowest BCUT2D eigenvalue weighted by atomic mass is 10.1. The maximum Gasteiger partial charge on any atom is 0.347 e. The number of benzene rings is 1. The van der Waals surface area contributed by atoms with Gasteiger partial charge in [0.05, 0.1) is 7.11 Å². The van der Waals surface area contributed by atoms with E-state index in [4.69, 9.17) is 9.84 Å². The van der Waals surface area contributed by atoms with Gasteiger partial charge in [-0.25, -0.2) is 17.9 Å².